The van der Waals surface area contributed by atoms with E-state index in [4.69, 9.17) is 4.74 Å². The lowest BCUT2D eigenvalue weighted by atomic mass is 10.0. The molecule has 0 radical (unpaired) electrons. The molecule has 0 unspecified atom stereocenters. The van der Waals surface area contributed by atoms with Gasteiger partial charge in [0.1, 0.15) is 5.82 Å². The van der Waals surface area contributed by atoms with Crippen LogP contribution in [0, 0.1) is 11.3 Å². The number of methoxy groups -OCH3 is 1. The predicted molar refractivity (Wildman–Crippen MR) is 63.7 cm³/mol. The molecule has 0 amide bonds. The predicted octanol–water partition coefficient (Wildman–Crippen LogP) is 2.69. The fourth-order valence-electron chi connectivity index (χ4n) is 2.48. The average molecular weight is 218 g/mol. The first kappa shape index (κ1) is 9.94. The number of ether oxygens (including phenoxy) is 1. The van der Waals surface area contributed by atoms with E-state index >= 15 is 0 Å². The molecule has 2 aliphatic rings. The Hall–Kier alpha value is -1.25. The minimum absolute atomic E-state index is 0.616. The summed E-state index contributed by atoms with van der Waals surface area (Å²) in [7, 11) is 1.65. The number of aromatic nitrogens is 1. The molecule has 0 aromatic carbocycles. The summed E-state index contributed by atoms with van der Waals surface area (Å²) in [5, 5.41) is 3.45. The number of hydrogen-bond donors (Lipinski definition) is 1. The molecule has 3 nitrogen and oxygen atoms in total. The summed E-state index contributed by atoms with van der Waals surface area (Å²) in [5.41, 5.74) is 0.616. The fourth-order valence-corrected chi connectivity index (χ4v) is 2.48. The SMILES string of the molecule is COc1cccc(NCC2(C3CC3)CC2)n1. The first-order chi connectivity index (χ1) is 7.82. The Labute approximate surface area is 96.2 Å². The first-order valence-electron chi connectivity index (χ1n) is 6.07. The molecule has 3 rings (SSSR count). The molecule has 2 saturated carbocycles. The number of anilines is 1. The van der Waals surface area contributed by atoms with Gasteiger partial charge in [-0.1, -0.05) is 6.07 Å². The van der Waals surface area contributed by atoms with Crippen LogP contribution in [0.5, 0.6) is 5.88 Å². The largest absolute Gasteiger partial charge is 0.481 e. The van der Waals surface area contributed by atoms with Crippen molar-refractivity contribution < 1.29 is 4.74 Å². The van der Waals surface area contributed by atoms with E-state index in [0.717, 1.165) is 18.3 Å². The summed E-state index contributed by atoms with van der Waals surface area (Å²) in [6.07, 6.45) is 5.67. The highest BCUT2D eigenvalue weighted by atomic mass is 16.5. The second-order valence-corrected chi connectivity index (χ2v) is 5.06. The molecule has 1 heterocycles. The standard InChI is InChI=1S/C13H18N2O/c1-16-12-4-2-3-11(15-12)14-9-13(7-8-13)10-5-6-10/h2-4,10H,5-9H2,1H3,(H,14,15). The summed E-state index contributed by atoms with van der Waals surface area (Å²) in [4.78, 5) is 4.37. The Balaban J connectivity index is 1.61. The van der Waals surface area contributed by atoms with Gasteiger partial charge in [0.2, 0.25) is 5.88 Å². The second kappa shape index (κ2) is 3.65. The zero-order valence-corrected chi connectivity index (χ0v) is 9.70. The van der Waals surface area contributed by atoms with Crippen LogP contribution in [-0.4, -0.2) is 18.6 Å². The van der Waals surface area contributed by atoms with Crippen molar-refractivity contribution >= 4 is 5.82 Å². The van der Waals surface area contributed by atoms with E-state index in [1.165, 1.54) is 25.7 Å². The van der Waals surface area contributed by atoms with Crippen molar-refractivity contribution in [1.29, 1.82) is 0 Å². The van der Waals surface area contributed by atoms with E-state index in [9.17, 15) is 0 Å². The molecular weight excluding hydrogens is 200 g/mol. The van der Waals surface area contributed by atoms with Crippen molar-refractivity contribution in [2.45, 2.75) is 25.7 Å². The zero-order valence-electron chi connectivity index (χ0n) is 9.70. The molecule has 1 aromatic heterocycles. The molecular formula is C13H18N2O. The minimum atomic E-state index is 0.616. The summed E-state index contributed by atoms with van der Waals surface area (Å²) < 4.78 is 5.11. The molecule has 2 aliphatic carbocycles. The average Bonchev–Trinajstić information content (AvgIpc) is 3.17. The highest BCUT2D eigenvalue weighted by Crippen LogP contribution is 2.61. The molecule has 1 N–H and O–H groups in total. The maximum absolute atomic E-state index is 5.11. The van der Waals surface area contributed by atoms with Crippen molar-refractivity contribution in [1.82, 2.24) is 4.98 Å². The summed E-state index contributed by atoms with van der Waals surface area (Å²) in [6, 6.07) is 5.86. The Bertz CT molecular complexity index is 383. The maximum atomic E-state index is 5.11. The van der Waals surface area contributed by atoms with E-state index in [1.807, 2.05) is 18.2 Å². The van der Waals surface area contributed by atoms with E-state index in [1.54, 1.807) is 7.11 Å². The third-order valence-electron chi connectivity index (χ3n) is 3.89. The lowest BCUT2D eigenvalue weighted by Crippen LogP contribution is -2.17. The lowest BCUT2D eigenvalue weighted by Gasteiger charge is -2.15. The van der Waals surface area contributed by atoms with Gasteiger partial charge in [-0.05, 0) is 43.1 Å². The van der Waals surface area contributed by atoms with E-state index < -0.39 is 0 Å². The summed E-state index contributed by atoms with van der Waals surface area (Å²) in [5.74, 6) is 2.61. The van der Waals surface area contributed by atoms with E-state index in [0.29, 0.717) is 11.3 Å². The van der Waals surface area contributed by atoms with E-state index in [2.05, 4.69) is 10.3 Å². The van der Waals surface area contributed by atoms with Gasteiger partial charge in [-0.3, -0.25) is 0 Å². The molecule has 86 valence electrons. The number of rotatable bonds is 5. The molecule has 3 heteroatoms. The van der Waals surface area contributed by atoms with Gasteiger partial charge in [0.15, 0.2) is 0 Å². The number of nitrogens with one attached hydrogen (secondary N) is 1. The summed E-state index contributed by atoms with van der Waals surface area (Å²) >= 11 is 0. The van der Waals surface area contributed by atoms with Crippen molar-refractivity contribution in [2.24, 2.45) is 11.3 Å². The van der Waals surface area contributed by atoms with Gasteiger partial charge < -0.3 is 10.1 Å². The molecule has 1 aromatic rings. The maximum Gasteiger partial charge on any atom is 0.214 e. The Kier molecular flexibility index (Phi) is 2.27. The normalized spacial score (nSPS) is 21.6. The van der Waals surface area contributed by atoms with Crippen molar-refractivity contribution in [3.8, 4) is 5.88 Å². The van der Waals surface area contributed by atoms with Crippen LogP contribution in [0.25, 0.3) is 0 Å². The van der Waals surface area contributed by atoms with Crippen LogP contribution in [0.15, 0.2) is 18.2 Å². The topological polar surface area (TPSA) is 34.1 Å². The molecule has 0 atom stereocenters. The van der Waals surface area contributed by atoms with E-state index in [-0.39, 0.29) is 0 Å². The van der Waals surface area contributed by atoms with Crippen molar-refractivity contribution in [3.05, 3.63) is 18.2 Å². The zero-order chi connectivity index (χ0) is 11.0. The highest BCUT2D eigenvalue weighted by molar-refractivity contribution is 5.37. The van der Waals surface area contributed by atoms with Crippen LogP contribution in [0.1, 0.15) is 25.7 Å². The lowest BCUT2D eigenvalue weighted by molar-refractivity contribution is 0.398. The van der Waals surface area contributed by atoms with Gasteiger partial charge in [0.05, 0.1) is 7.11 Å². The Morgan fingerprint density at radius 1 is 1.44 bits per heavy atom. The van der Waals surface area contributed by atoms with Gasteiger partial charge >= 0.3 is 0 Å². The Morgan fingerprint density at radius 3 is 2.88 bits per heavy atom. The van der Waals surface area contributed by atoms with Crippen molar-refractivity contribution in [3.63, 3.8) is 0 Å². The minimum Gasteiger partial charge on any atom is -0.481 e. The van der Waals surface area contributed by atoms with Gasteiger partial charge in [-0.25, -0.2) is 0 Å². The van der Waals surface area contributed by atoms with Gasteiger partial charge in [-0.2, -0.15) is 4.98 Å². The number of nitrogens with zero attached hydrogens (tertiary/aromatic N) is 1. The molecule has 16 heavy (non-hydrogen) atoms. The monoisotopic (exact) mass is 218 g/mol. The smallest absolute Gasteiger partial charge is 0.214 e. The van der Waals surface area contributed by atoms with Crippen molar-refractivity contribution in [2.75, 3.05) is 19.0 Å². The quantitative estimate of drug-likeness (QED) is 0.825. The van der Waals surface area contributed by atoms with Crippen LogP contribution >= 0.6 is 0 Å². The highest BCUT2D eigenvalue weighted by Gasteiger charge is 2.53. The summed E-state index contributed by atoms with van der Waals surface area (Å²) in [6.45, 7) is 1.08. The first-order valence-corrected chi connectivity index (χ1v) is 6.07. The third-order valence-corrected chi connectivity index (χ3v) is 3.89. The van der Waals surface area contributed by atoms with Crippen LogP contribution < -0.4 is 10.1 Å². The second-order valence-electron chi connectivity index (χ2n) is 5.06. The Morgan fingerprint density at radius 2 is 2.25 bits per heavy atom. The number of hydrogen-bond acceptors (Lipinski definition) is 3. The van der Waals surface area contributed by atoms with Crippen LogP contribution in [0.3, 0.4) is 0 Å². The molecule has 0 spiro atoms. The van der Waals surface area contributed by atoms with Gasteiger partial charge in [-0.15, -0.1) is 0 Å². The van der Waals surface area contributed by atoms with Gasteiger partial charge in [0, 0.05) is 12.6 Å². The third kappa shape index (κ3) is 1.86. The fraction of sp³-hybridized carbons (Fsp3) is 0.615. The molecule has 2 fully saturated rings. The van der Waals surface area contributed by atoms with Crippen LogP contribution in [0.2, 0.25) is 0 Å². The van der Waals surface area contributed by atoms with Crippen LogP contribution in [0.4, 0.5) is 5.82 Å². The molecule has 0 bridgehead atoms. The van der Waals surface area contributed by atoms with Crippen LogP contribution in [-0.2, 0) is 0 Å². The number of pyridine rings is 1. The molecule has 0 saturated heterocycles. The molecule has 0 aliphatic heterocycles. The van der Waals surface area contributed by atoms with Gasteiger partial charge in [0.25, 0.3) is 0 Å².